The van der Waals surface area contributed by atoms with Crippen LogP contribution in [-0.4, -0.2) is 33.4 Å². The minimum Gasteiger partial charge on any atom is -0.462 e. The molecule has 0 aliphatic heterocycles. The zero-order valence-corrected chi connectivity index (χ0v) is 16.1. The maximum absolute atomic E-state index is 12.8. The number of hydrogen-bond donors (Lipinski definition) is 2. The Balaban J connectivity index is 1.80. The van der Waals surface area contributed by atoms with Crippen LogP contribution < -0.4 is 10.0 Å². The van der Waals surface area contributed by atoms with E-state index in [0.717, 1.165) is 0 Å². The number of sulfonamides is 1. The third-order valence-corrected chi connectivity index (χ3v) is 5.15. The molecule has 0 fully saturated rings. The molecule has 0 heterocycles. The zero-order valence-electron chi connectivity index (χ0n) is 15.3. The van der Waals surface area contributed by atoms with Gasteiger partial charge in [0.2, 0.25) is 15.9 Å². The summed E-state index contributed by atoms with van der Waals surface area (Å²) in [5, 5.41) is 2.60. The SMILES string of the molecule is CCOC(=O)c1ccc(S(=O)(=O)NCCCC(=O)Nc2ccc(F)cc2)cc1. The van der Waals surface area contributed by atoms with E-state index in [1.807, 2.05) is 0 Å². The van der Waals surface area contributed by atoms with E-state index >= 15 is 0 Å². The first kappa shape index (κ1) is 21.5. The van der Waals surface area contributed by atoms with Crippen molar-refractivity contribution in [2.24, 2.45) is 0 Å². The molecule has 1 amide bonds. The number of rotatable bonds is 9. The molecule has 2 aromatic rings. The second kappa shape index (κ2) is 9.95. The molecule has 7 nitrogen and oxygen atoms in total. The van der Waals surface area contributed by atoms with E-state index in [1.54, 1.807) is 6.92 Å². The number of anilines is 1. The van der Waals surface area contributed by atoms with Gasteiger partial charge in [-0.05, 0) is 61.9 Å². The van der Waals surface area contributed by atoms with Crippen molar-refractivity contribution in [1.82, 2.24) is 4.72 Å². The lowest BCUT2D eigenvalue weighted by molar-refractivity contribution is -0.116. The van der Waals surface area contributed by atoms with Crippen molar-refractivity contribution in [3.8, 4) is 0 Å². The lowest BCUT2D eigenvalue weighted by Crippen LogP contribution is -2.25. The maximum Gasteiger partial charge on any atom is 0.338 e. The van der Waals surface area contributed by atoms with E-state index in [4.69, 9.17) is 4.74 Å². The predicted molar refractivity (Wildman–Crippen MR) is 102 cm³/mol. The highest BCUT2D eigenvalue weighted by atomic mass is 32.2. The van der Waals surface area contributed by atoms with Crippen LogP contribution in [0.1, 0.15) is 30.1 Å². The number of ether oxygens (including phenoxy) is 1. The van der Waals surface area contributed by atoms with Crippen molar-refractivity contribution < 1.29 is 27.1 Å². The Bertz CT molecular complexity index is 912. The van der Waals surface area contributed by atoms with Crippen molar-refractivity contribution in [1.29, 1.82) is 0 Å². The molecule has 0 radical (unpaired) electrons. The summed E-state index contributed by atoms with van der Waals surface area (Å²) in [4.78, 5) is 23.4. The van der Waals surface area contributed by atoms with E-state index in [-0.39, 0.29) is 42.4 Å². The molecule has 0 spiro atoms. The van der Waals surface area contributed by atoms with Gasteiger partial charge in [-0.2, -0.15) is 0 Å². The van der Waals surface area contributed by atoms with Crippen LogP contribution in [0.4, 0.5) is 10.1 Å². The van der Waals surface area contributed by atoms with Crippen molar-refractivity contribution in [3.05, 3.63) is 59.9 Å². The highest BCUT2D eigenvalue weighted by Crippen LogP contribution is 2.12. The smallest absolute Gasteiger partial charge is 0.338 e. The van der Waals surface area contributed by atoms with Gasteiger partial charge in [0, 0.05) is 18.7 Å². The molecule has 0 bridgehead atoms. The van der Waals surface area contributed by atoms with Crippen molar-refractivity contribution >= 4 is 27.6 Å². The van der Waals surface area contributed by atoms with Crippen LogP contribution in [-0.2, 0) is 19.6 Å². The molecule has 2 N–H and O–H groups in total. The minimum absolute atomic E-state index is 0.0105. The van der Waals surface area contributed by atoms with Gasteiger partial charge in [-0.3, -0.25) is 4.79 Å². The number of amides is 1. The van der Waals surface area contributed by atoms with E-state index < -0.39 is 21.8 Å². The minimum atomic E-state index is -3.75. The molecular weight excluding hydrogens is 387 g/mol. The van der Waals surface area contributed by atoms with Crippen LogP contribution in [0, 0.1) is 5.82 Å². The number of halogens is 1. The molecule has 150 valence electrons. The molecule has 0 saturated heterocycles. The van der Waals surface area contributed by atoms with Gasteiger partial charge in [0.15, 0.2) is 0 Å². The van der Waals surface area contributed by atoms with E-state index in [2.05, 4.69) is 10.0 Å². The summed E-state index contributed by atoms with van der Waals surface area (Å²) in [5.41, 5.74) is 0.729. The lowest BCUT2D eigenvalue weighted by atomic mass is 10.2. The Hall–Kier alpha value is -2.78. The molecule has 9 heteroatoms. The van der Waals surface area contributed by atoms with Gasteiger partial charge in [-0.15, -0.1) is 0 Å². The average molecular weight is 408 g/mol. The number of nitrogens with one attached hydrogen (secondary N) is 2. The van der Waals surface area contributed by atoms with Crippen molar-refractivity contribution in [3.63, 3.8) is 0 Å². The molecule has 2 rings (SSSR count). The Morgan fingerprint density at radius 3 is 2.29 bits per heavy atom. The van der Waals surface area contributed by atoms with Gasteiger partial charge in [0.1, 0.15) is 5.82 Å². The average Bonchev–Trinajstić information content (AvgIpc) is 2.67. The fraction of sp³-hybridized carbons (Fsp3) is 0.263. The predicted octanol–water partition coefficient (Wildman–Crippen LogP) is 2.70. The van der Waals surface area contributed by atoms with Crippen LogP contribution >= 0.6 is 0 Å². The quantitative estimate of drug-likeness (QED) is 0.491. The van der Waals surface area contributed by atoms with E-state index in [9.17, 15) is 22.4 Å². The Labute approximate surface area is 163 Å². The molecule has 28 heavy (non-hydrogen) atoms. The Kier molecular flexibility index (Phi) is 7.65. The summed E-state index contributed by atoms with van der Waals surface area (Å²) in [5.74, 6) is -1.22. The van der Waals surface area contributed by atoms with Gasteiger partial charge in [0.25, 0.3) is 0 Å². The highest BCUT2D eigenvalue weighted by molar-refractivity contribution is 7.89. The summed E-state index contributed by atoms with van der Waals surface area (Å²) in [6, 6.07) is 10.7. The number of benzene rings is 2. The number of carbonyl (C=O) groups is 2. The van der Waals surface area contributed by atoms with Gasteiger partial charge < -0.3 is 10.1 Å². The molecule has 2 aromatic carbocycles. The molecule has 0 aliphatic carbocycles. The lowest BCUT2D eigenvalue weighted by Gasteiger charge is -2.08. The summed E-state index contributed by atoms with van der Waals surface area (Å²) in [6.45, 7) is 1.98. The van der Waals surface area contributed by atoms with Crippen LogP contribution in [0.2, 0.25) is 0 Å². The van der Waals surface area contributed by atoms with Gasteiger partial charge >= 0.3 is 5.97 Å². The highest BCUT2D eigenvalue weighted by Gasteiger charge is 2.15. The summed E-state index contributed by atoms with van der Waals surface area (Å²) in [7, 11) is -3.75. The largest absolute Gasteiger partial charge is 0.462 e. The first-order chi connectivity index (χ1) is 13.3. The van der Waals surface area contributed by atoms with Crippen LogP contribution in [0.25, 0.3) is 0 Å². The normalized spacial score (nSPS) is 11.1. The van der Waals surface area contributed by atoms with Gasteiger partial charge in [-0.25, -0.2) is 22.3 Å². The number of esters is 1. The Morgan fingerprint density at radius 2 is 1.68 bits per heavy atom. The molecule has 0 aliphatic rings. The van der Waals surface area contributed by atoms with Crippen molar-refractivity contribution in [2.75, 3.05) is 18.5 Å². The molecule has 0 atom stereocenters. The standard InChI is InChI=1S/C19H21FN2O5S/c1-2-27-19(24)14-5-11-17(12-6-14)28(25,26)21-13-3-4-18(23)22-16-9-7-15(20)8-10-16/h5-12,21H,2-4,13H2,1H3,(H,22,23). The molecule has 0 saturated carbocycles. The fourth-order valence-electron chi connectivity index (χ4n) is 2.28. The summed E-state index contributed by atoms with van der Waals surface area (Å²) in [6.07, 6.45) is 0.384. The van der Waals surface area contributed by atoms with Crippen LogP contribution in [0.3, 0.4) is 0 Å². The first-order valence-electron chi connectivity index (χ1n) is 8.64. The molecular formula is C19H21FN2O5S. The molecule has 0 aromatic heterocycles. The number of hydrogen-bond acceptors (Lipinski definition) is 5. The second-order valence-corrected chi connectivity index (χ2v) is 7.57. The van der Waals surface area contributed by atoms with Crippen molar-refractivity contribution in [2.45, 2.75) is 24.7 Å². The van der Waals surface area contributed by atoms with Gasteiger partial charge in [0.05, 0.1) is 17.1 Å². The number of carbonyl (C=O) groups excluding carboxylic acids is 2. The van der Waals surface area contributed by atoms with E-state index in [0.29, 0.717) is 5.69 Å². The van der Waals surface area contributed by atoms with Crippen LogP contribution in [0.15, 0.2) is 53.4 Å². The Morgan fingerprint density at radius 1 is 1.04 bits per heavy atom. The first-order valence-corrected chi connectivity index (χ1v) is 10.1. The third-order valence-electron chi connectivity index (χ3n) is 3.68. The van der Waals surface area contributed by atoms with Crippen LogP contribution in [0.5, 0.6) is 0 Å². The maximum atomic E-state index is 12.8. The topological polar surface area (TPSA) is 102 Å². The summed E-state index contributed by atoms with van der Waals surface area (Å²) < 4.78 is 44.6. The summed E-state index contributed by atoms with van der Waals surface area (Å²) >= 11 is 0. The fourth-order valence-corrected chi connectivity index (χ4v) is 3.35. The second-order valence-electron chi connectivity index (χ2n) is 5.80. The van der Waals surface area contributed by atoms with E-state index in [1.165, 1.54) is 48.5 Å². The third kappa shape index (κ3) is 6.43. The zero-order chi connectivity index (χ0) is 20.6. The molecule has 0 unspecified atom stereocenters. The monoisotopic (exact) mass is 408 g/mol. The van der Waals surface area contributed by atoms with Gasteiger partial charge in [-0.1, -0.05) is 0 Å².